The van der Waals surface area contributed by atoms with Gasteiger partial charge < -0.3 is 9.64 Å². The molecule has 1 aliphatic heterocycles. The van der Waals surface area contributed by atoms with Crippen molar-refractivity contribution in [2.75, 3.05) is 13.2 Å². The maximum atomic E-state index is 12.8. The summed E-state index contributed by atoms with van der Waals surface area (Å²) in [7, 11) is 1.77. The fourth-order valence-corrected chi connectivity index (χ4v) is 3.23. The summed E-state index contributed by atoms with van der Waals surface area (Å²) >= 11 is 1.67. The summed E-state index contributed by atoms with van der Waals surface area (Å²) in [6.45, 7) is 2.04. The molecule has 1 saturated heterocycles. The Morgan fingerprint density at radius 3 is 2.95 bits per heavy atom. The summed E-state index contributed by atoms with van der Waals surface area (Å²) < 4.78 is 6.96. The number of amides is 1. The van der Waals surface area contributed by atoms with E-state index in [1.54, 1.807) is 29.3 Å². The van der Waals surface area contributed by atoms with Crippen molar-refractivity contribution >= 4 is 17.2 Å². The van der Waals surface area contributed by atoms with Gasteiger partial charge in [-0.05, 0) is 24.3 Å². The first kappa shape index (κ1) is 14.2. The average molecular weight is 306 g/mol. The van der Waals surface area contributed by atoms with E-state index in [2.05, 4.69) is 16.4 Å². The quantitative estimate of drug-likeness (QED) is 0.862. The normalized spacial score (nSPS) is 16.0. The third-order valence-electron chi connectivity index (χ3n) is 3.62. The smallest absolute Gasteiger partial charge is 0.276 e. The van der Waals surface area contributed by atoms with Gasteiger partial charge in [0.15, 0.2) is 5.69 Å². The van der Waals surface area contributed by atoms with Gasteiger partial charge in [0.2, 0.25) is 0 Å². The Balaban J connectivity index is 1.81. The van der Waals surface area contributed by atoms with Crippen molar-refractivity contribution < 1.29 is 9.53 Å². The number of hydrogen-bond donors (Lipinski definition) is 0. The summed E-state index contributed by atoms with van der Waals surface area (Å²) in [5, 5.41) is 9.85. The number of rotatable bonds is 4. The Labute approximate surface area is 127 Å². The van der Waals surface area contributed by atoms with Crippen molar-refractivity contribution in [1.82, 2.24) is 19.9 Å². The molecule has 1 aliphatic rings. The van der Waals surface area contributed by atoms with Crippen molar-refractivity contribution in [3.63, 3.8) is 0 Å². The largest absolute Gasteiger partial charge is 0.381 e. The van der Waals surface area contributed by atoms with Crippen LogP contribution >= 0.6 is 11.3 Å². The summed E-state index contributed by atoms with van der Waals surface area (Å²) in [5.41, 5.74) is 0.403. The Morgan fingerprint density at radius 1 is 1.52 bits per heavy atom. The van der Waals surface area contributed by atoms with Gasteiger partial charge in [0.25, 0.3) is 5.91 Å². The molecular formula is C14H18N4O2S. The van der Waals surface area contributed by atoms with Gasteiger partial charge in [-0.3, -0.25) is 9.48 Å². The molecule has 0 radical (unpaired) electrons. The predicted octanol–water partition coefficient (Wildman–Crippen LogP) is 1.70. The Bertz CT molecular complexity index is 590. The number of nitrogens with zero attached hydrogens (tertiary/aromatic N) is 4. The van der Waals surface area contributed by atoms with Gasteiger partial charge >= 0.3 is 0 Å². The molecule has 2 aromatic heterocycles. The molecule has 112 valence electrons. The first-order chi connectivity index (χ1) is 10.2. The second-order valence-corrected chi connectivity index (χ2v) is 6.17. The summed E-state index contributed by atoms with van der Waals surface area (Å²) in [6, 6.07) is 4.27. The molecule has 0 saturated carbocycles. The standard InChI is InChI=1S/C14H18N4O2S/c1-17-10-13(15-16-17)14(19)18(9-12-3-2-8-21-12)11-4-6-20-7-5-11/h2-3,8,10-11H,4-7,9H2,1H3. The summed E-state index contributed by atoms with van der Waals surface area (Å²) in [4.78, 5) is 15.9. The minimum Gasteiger partial charge on any atom is -0.381 e. The number of aromatic nitrogens is 3. The monoisotopic (exact) mass is 306 g/mol. The molecule has 0 unspecified atom stereocenters. The number of aryl methyl sites for hydroxylation is 1. The van der Waals surface area contributed by atoms with Crippen LogP contribution in [-0.4, -0.2) is 45.1 Å². The van der Waals surface area contributed by atoms with E-state index in [0.29, 0.717) is 25.5 Å². The lowest BCUT2D eigenvalue weighted by molar-refractivity contribution is 0.0266. The van der Waals surface area contributed by atoms with Gasteiger partial charge in [0, 0.05) is 31.2 Å². The van der Waals surface area contributed by atoms with E-state index in [4.69, 9.17) is 4.74 Å². The highest BCUT2D eigenvalue weighted by Crippen LogP contribution is 2.21. The first-order valence-corrected chi connectivity index (χ1v) is 7.89. The molecule has 3 heterocycles. The lowest BCUT2D eigenvalue weighted by Gasteiger charge is -2.33. The Hall–Kier alpha value is -1.73. The van der Waals surface area contributed by atoms with Gasteiger partial charge in [-0.15, -0.1) is 16.4 Å². The maximum absolute atomic E-state index is 12.8. The van der Waals surface area contributed by atoms with Crippen LogP contribution in [0.25, 0.3) is 0 Å². The molecule has 3 rings (SSSR count). The van der Waals surface area contributed by atoms with E-state index in [-0.39, 0.29) is 11.9 Å². The van der Waals surface area contributed by atoms with Gasteiger partial charge in [-0.1, -0.05) is 11.3 Å². The van der Waals surface area contributed by atoms with Crippen LogP contribution < -0.4 is 0 Å². The van der Waals surface area contributed by atoms with Crippen molar-refractivity contribution in [2.24, 2.45) is 7.05 Å². The van der Waals surface area contributed by atoms with Crippen LogP contribution in [0.2, 0.25) is 0 Å². The molecule has 6 nitrogen and oxygen atoms in total. The van der Waals surface area contributed by atoms with Crippen LogP contribution in [0.15, 0.2) is 23.7 Å². The van der Waals surface area contributed by atoms with Crippen LogP contribution in [0, 0.1) is 0 Å². The molecule has 0 bridgehead atoms. The fraction of sp³-hybridized carbons (Fsp3) is 0.500. The highest BCUT2D eigenvalue weighted by Gasteiger charge is 2.28. The van der Waals surface area contributed by atoms with E-state index in [0.717, 1.165) is 12.8 Å². The molecule has 0 atom stereocenters. The topological polar surface area (TPSA) is 60.2 Å². The number of ether oxygens (including phenoxy) is 1. The predicted molar refractivity (Wildman–Crippen MR) is 79.0 cm³/mol. The fourth-order valence-electron chi connectivity index (χ4n) is 2.53. The lowest BCUT2D eigenvalue weighted by Crippen LogP contribution is -2.43. The summed E-state index contributed by atoms with van der Waals surface area (Å²) in [6.07, 6.45) is 3.41. The van der Waals surface area contributed by atoms with Crippen molar-refractivity contribution in [3.05, 3.63) is 34.3 Å². The Morgan fingerprint density at radius 2 is 2.33 bits per heavy atom. The van der Waals surface area contributed by atoms with Crippen LogP contribution in [0.1, 0.15) is 28.2 Å². The molecule has 1 amide bonds. The van der Waals surface area contributed by atoms with Crippen LogP contribution in [0.3, 0.4) is 0 Å². The minimum absolute atomic E-state index is 0.0524. The first-order valence-electron chi connectivity index (χ1n) is 7.01. The van der Waals surface area contributed by atoms with Gasteiger partial charge in [0.1, 0.15) is 0 Å². The average Bonchev–Trinajstić information content (AvgIpc) is 3.16. The van der Waals surface area contributed by atoms with Gasteiger partial charge in [-0.2, -0.15) is 0 Å². The van der Waals surface area contributed by atoms with E-state index in [9.17, 15) is 4.79 Å². The van der Waals surface area contributed by atoms with E-state index >= 15 is 0 Å². The Kier molecular flexibility index (Phi) is 4.31. The highest BCUT2D eigenvalue weighted by molar-refractivity contribution is 7.09. The van der Waals surface area contributed by atoms with Crippen LogP contribution in [0.5, 0.6) is 0 Å². The second-order valence-electron chi connectivity index (χ2n) is 5.13. The van der Waals surface area contributed by atoms with Crippen LogP contribution in [0.4, 0.5) is 0 Å². The zero-order valence-electron chi connectivity index (χ0n) is 11.9. The third-order valence-corrected chi connectivity index (χ3v) is 4.48. The molecule has 0 N–H and O–H groups in total. The van der Waals surface area contributed by atoms with E-state index < -0.39 is 0 Å². The van der Waals surface area contributed by atoms with Gasteiger partial charge in [0.05, 0.1) is 12.7 Å². The van der Waals surface area contributed by atoms with Crippen LogP contribution in [-0.2, 0) is 18.3 Å². The highest BCUT2D eigenvalue weighted by atomic mass is 32.1. The molecule has 0 aromatic carbocycles. The van der Waals surface area contributed by atoms with E-state index in [1.165, 1.54) is 4.88 Å². The SMILES string of the molecule is Cn1cc(C(=O)N(Cc2cccs2)C2CCOCC2)nn1. The van der Waals surface area contributed by atoms with Crippen molar-refractivity contribution in [3.8, 4) is 0 Å². The maximum Gasteiger partial charge on any atom is 0.276 e. The van der Waals surface area contributed by atoms with Gasteiger partial charge in [-0.25, -0.2) is 0 Å². The molecule has 2 aromatic rings. The zero-order valence-corrected chi connectivity index (χ0v) is 12.8. The molecular weight excluding hydrogens is 288 g/mol. The number of carbonyl (C=O) groups is 1. The number of carbonyl (C=O) groups excluding carboxylic acids is 1. The molecule has 0 spiro atoms. The van der Waals surface area contributed by atoms with Crippen molar-refractivity contribution in [1.29, 1.82) is 0 Å². The van der Waals surface area contributed by atoms with E-state index in [1.807, 2.05) is 16.3 Å². The molecule has 1 fully saturated rings. The van der Waals surface area contributed by atoms with Crippen molar-refractivity contribution in [2.45, 2.75) is 25.4 Å². The number of thiophene rings is 1. The zero-order chi connectivity index (χ0) is 14.7. The molecule has 7 heteroatoms. The third kappa shape index (κ3) is 3.30. The molecule has 21 heavy (non-hydrogen) atoms. The number of hydrogen-bond acceptors (Lipinski definition) is 5. The second kappa shape index (κ2) is 6.36. The summed E-state index contributed by atoms with van der Waals surface area (Å²) in [5.74, 6) is -0.0524. The minimum atomic E-state index is -0.0524. The lowest BCUT2D eigenvalue weighted by atomic mass is 10.1. The molecule has 0 aliphatic carbocycles.